The Hall–Kier alpha value is -2.68. The molecular formula is C19H28N6O3. The average Bonchev–Trinajstić information content (AvgIpc) is 3.40. The van der Waals surface area contributed by atoms with E-state index in [2.05, 4.69) is 30.8 Å². The van der Waals surface area contributed by atoms with E-state index in [1.54, 1.807) is 25.7 Å². The summed E-state index contributed by atoms with van der Waals surface area (Å²) in [6.45, 7) is 0.386. The van der Waals surface area contributed by atoms with Gasteiger partial charge in [-0.25, -0.2) is 4.98 Å². The Balaban J connectivity index is 1.40. The number of hydrogen-bond acceptors (Lipinski definition) is 5. The zero-order chi connectivity index (χ0) is 19.8. The Bertz CT molecular complexity index is 731. The highest BCUT2D eigenvalue weighted by Crippen LogP contribution is 2.27. The summed E-state index contributed by atoms with van der Waals surface area (Å²) >= 11 is 0. The van der Waals surface area contributed by atoms with Crippen LogP contribution in [0.4, 0.5) is 0 Å². The Morgan fingerprint density at radius 1 is 1.36 bits per heavy atom. The first-order chi connectivity index (χ1) is 13.7. The number of aromatic amines is 2. The molecule has 1 saturated carbocycles. The third-order valence-corrected chi connectivity index (χ3v) is 5.22. The topological polar surface area (TPSA) is 125 Å². The summed E-state index contributed by atoms with van der Waals surface area (Å²) < 4.78 is 5.57. The molecular weight excluding hydrogens is 360 g/mol. The maximum Gasteiger partial charge on any atom is 0.223 e. The van der Waals surface area contributed by atoms with E-state index in [4.69, 9.17) is 4.74 Å². The number of nitrogens with one attached hydrogen (secondary N) is 4. The van der Waals surface area contributed by atoms with Gasteiger partial charge >= 0.3 is 0 Å². The molecule has 2 aromatic heterocycles. The molecule has 0 radical (unpaired) electrons. The molecule has 2 amide bonds. The number of ether oxygens (including phenoxy) is 1. The van der Waals surface area contributed by atoms with Gasteiger partial charge in [-0.05, 0) is 37.7 Å². The van der Waals surface area contributed by atoms with Crippen LogP contribution in [0.2, 0.25) is 0 Å². The van der Waals surface area contributed by atoms with Crippen molar-refractivity contribution in [3.8, 4) is 0 Å². The van der Waals surface area contributed by atoms with Crippen LogP contribution in [-0.4, -0.2) is 51.2 Å². The van der Waals surface area contributed by atoms with Gasteiger partial charge in [-0.3, -0.25) is 14.7 Å². The van der Waals surface area contributed by atoms with Crippen LogP contribution < -0.4 is 10.6 Å². The van der Waals surface area contributed by atoms with Crippen LogP contribution in [0.3, 0.4) is 0 Å². The van der Waals surface area contributed by atoms with Crippen molar-refractivity contribution in [2.24, 2.45) is 5.92 Å². The van der Waals surface area contributed by atoms with Crippen LogP contribution in [0, 0.1) is 5.92 Å². The van der Waals surface area contributed by atoms with Crippen LogP contribution in [0.15, 0.2) is 24.8 Å². The second kappa shape index (κ2) is 10.0. The van der Waals surface area contributed by atoms with Crippen molar-refractivity contribution in [3.05, 3.63) is 36.2 Å². The van der Waals surface area contributed by atoms with Crippen LogP contribution >= 0.6 is 0 Å². The van der Waals surface area contributed by atoms with Gasteiger partial charge in [0.25, 0.3) is 0 Å². The molecule has 0 unspecified atom stereocenters. The minimum Gasteiger partial charge on any atom is -0.379 e. The fourth-order valence-electron chi connectivity index (χ4n) is 3.65. The molecule has 1 fully saturated rings. The lowest BCUT2D eigenvalue weighted by Gasteiger charge is -2.35. The lowest BCUT2D eigenvalue weighted by molar-refractivity contribution is -0.129. The van der Waals surface area contributed by atoms with Gasteiger partial charge in [0.15, 0.2) is 0 Å². The van der Waals surface area contributed by atoms with Gasteiger partial charge in [0.2, 0.25) is 11.8 Å². The first-order valence-electron chi connectivity index (χ1n) is 9.71. The van der Waals surface area contributed by atoms with Gasteiger partial charge in [0.1, 0.15) is 5.82 Å². The summed E-state index contributed by atoms with van der Waals surface area (Å²) in [6, 6.07) is -0.0550. The molecule has 0 saturated heterocycles. The Morgan fingerprint density at radius 3 is 2.96 bits per heavy atom. The first-order valence-corrected chi connectivity index (χ1v) is 9.71. The van der Waals surface area contributed by atoms with Gasteiger partial charge in [0, 0.05) is 38.0 Å². The number of aryl methyl sites for hydroxylation is 1. The molecule has 28 heavy (non-hydrogen) atoms. The van der Waals surface area contributed by atoms with Gasteiger partial charge in [0.05, 0.1) is 24.9 Å². The van der Waals surface area contributed by atoms with E-state index in [1.807, 2.05) is 6.20 Å². The Labute approximate surface area is 164 Å². The normalized spacial score (nSPS) is 22.0. The highest BCUT2D eigenvalue weighted by molar-refractivity contribution is 5.79. The molecule has 0 spiro atoms. The lowest BCUT2D eigenvalue weighted by Crippen LogP contribution is -2.49. The fraction of sp³-hybridized carbons (Fsp3) is 0.579. The number of methoxy groups -OCH3 is 1. The maximum atomic E-state index is 12.4. The van der Waals surface area contributed by atoms with Crippen LogP contribution in [0.25, 0.3) is 0 Å². The second-order valence-electron chi connectivity index (χ2n) is 7.17. The Kier molecular flexibility index (Phi) is 7.18. The highest BCUT2D eigenvalue weighted by Gasteiger charge is 2.34. The number of rotatable bonds is 9. The van der Waals surface area contributed by atoms with Crippen molar-refractivity contribution >= 4 is 11.8 Å². The number of hydrogen-bond donors (Lipinski definition) is 4. The van der Waals surface area contributed by atoms with Crippen LogP contribution in [0.1, 0.15) is 43.5 Å². The number of carbonyl (C=O) groups excluding carboxylic acids is 2. The zero-order valence-electron chi connectivity index (χ0n) is 16.1. The van der Waals surface area contributed by atoms with Gasteiger partial charge in [-0.1, -0.05) is 0 Å². The maximum absolute atomic E-state index is 12.4. The van der Waals surface area contributed by atoms with E-state index in [-0.39, 0.29) is 29.9 Å². The van der Waals surface area contributed by atoms with E-state index in [0.29, 0.717) is 19.4 Å². The average molecular weight is 388 g/mol. The SMILES string of the molecule is CO[C@H]1C[C@@H](C(=O)NCc2ncc[nH]2)CC[C@@H]1NC(=O)CCCc1cn[nH]c1. The van der Waals surface area contributed by atoms with Gasteiger partial charge in [-0.15, -0.1) is 0 Å². The van der Waals surface area contributed by atoms with E-state index in [9.17, 15) is 9.59 Å². The minimum atomic E-state index is -0.161. The second-order valence-corrected chi connectivity index (χ2v) is 7.17. The zero-order valence-corrected chi connectivity index (χ0v) is 16.1. The van der Waals surface area contributed by atoms with Gasteiger partial charge in [-0.2, -0.15) is 5.10 Å². The summed E-state index contributed by atoms with van der Waals surface area (Å²) in [7, 11) is 1.63. The quantitative estimate of drug-likeness (QED) is 0.511. The summed E-state index contributed by atoms with van der Waals surface area (Å²) in [6.07, 6.45) is 10.9. The molecule has 2 heterocycles. The molecule has 3 atom stereocenters. The largest absolute Gasteiger partial charge is 0.379 e. The molecule has 9 nitrogen and oxygen atoms in total. The van der Waals surface area contributed by atoms with Crippen molar-refractivity contribution in [1.29, 1.82) is 0 Å². The number of imidazole rings is 1. The third-order valence-electron chi connectivity index (χ3n) is 5.22. The number of H-pyrrole nitrogens is 2. The molecule has 1 aliphatic carbocycles. The minimum absolute atomic E-state index is 0.00309. The molecule has 4 N–H and O–H groups in total. The Morgan fingerprint density at radius 2 is 2.25 bits per heavy atom. The van der Waals surface area contributed by atoms with Crippen LogP contribution in [-0.2, 0) is 27.3 Å². The number of carbonyl (C=O) groups is 2. The summed E-state index contributed by atoms with van der Waals surface area (Å²) in [5.41, 5.74) is 1.10. The van der Waals surface area contributed by atoms with E-state index in [0.717, 1.165) is 37.1 Å². The predicted octanol–water partition coefficient (Wildman–Crippen LogP) is 1.07. The van der Waals surface area contributed by atoms with E-state index in [1.165, 1.54) is 0 Å². The monoisotopic (exact) mass is 388 g/mol. The van der Waals surface area contributed by atoms with E-state index >= 15 is 0 Å². The van der Waals surface area contributed by atoms with Crippen molar-refractivity contribution < 1.29 is 14.3 Å². The van der Waals surface area contributed by atoms with E-state index < -0.39 is 0 Å². The first kappa shape index (κ1) is 20.1. The molecule has 152 valence electrons. The van der Waals surface area contributed by atoms with Crippen molar-refractivity contribution in [2.75, 3.05) is 7.11 Å². The third kappa shape index (κ3) is 5.66. The molecule has 1 aliphatic rings. The van der Waals surface area contributed by atoms with Gasteiger partial charge < -0.3 is 20.4 Å². The highest BCUT2D eigenvalue weighted by atomic mass is 16.5. The standard InChI is InChI=1S/C19H28N6O3/c1-28-16-9-14(19(27)22-12-17-20-7-8-21-17)5-6-15(16)25-18(26)4-2-3-13-10-23-24-11-13/h7-8,10-11,14-16H,2-6,9,12H2,1H3,(H,20,21)(H,22,27)(H,23,24)(H,25,26)/t14-,15-,16-/m0/s1. The molecule has 9 heteroatoms. The van der Waals surface area contributed by atoms with Crippen molar-refractivity contribution in [3.63, 3.8) is 0 Å². The summed E-state index contributed by atoms with van der Waals surface area (Å²) in [4.78, 5) is 31.8. The summed E-state index contributed by atoms with van der Waals surface area (Å²) in [5.74, 6) is 0.641. The smallest absolute Gasteiger partial charge is 0.223 e. The van der Waals surface area contributed by atoms with Crippen molar-refractivity contribution in [2.45, 2.75) is 57.2 Å². The number of amides is 2. The molecule has 0 aromatic carbocycles. The number of nitrogens with zero attached hydrogens (tertiary/aromatic N) is 2. The molecule has 0 aliphatic heterocycles. The molecule has 2 aromatic rings. The van der Waals surface area contributed by atoms with Crippen LogP contribution in [0.5, 0.6) is 0 Å². The summed E-state index contributed by atoms with van der Waals surface area (Å²) in [5, 5.41) is 12.7. The fourth-order valence-corrected chi connectivity index (χ4v) is 3.65. The molecule has 3 rings (SSSR count). The molecule has 0 bridgehead atoms. The predicted molar refractivity (Wildman–Crippen MR) is 102 cm³/mol. The number of aromatic nitrogens is 4. The lowest BCUT2D eigenvalue weighted by atomic mass is 9.83. The van der Waals surface area contributed by atoms with Crippen molar-refractivity contribution in [1.82, 2.24) is 30.8 Å².